The maximum Gasteiger partial charge on any atom is 0.341 e. The van der Waals surface area contributed by atoms with Gasteiger partial charge in [0.05, 0.1) is 6.61 Å². The average Bonchev–Trinajstić information content (AvgIpc) is 2.17. The number of hydrogen-bond donors (Lipinski definition) is 1. The average molecular weight is 207 g/mol. The van der Waals surface area contributed by atoms with Crippen molar-refractivity contribution in [3.63, 3.8) is 0 Å². The second-order valence-electron chi connectivity index (χ2n) is 3.04. The first-order valence-corrected chi connectivity index (χ1v) is 4.59. The maximum atomic E-state index is 10.9. The second-order valence-corrected chi connectivity index (χ2v) is 3.04. The van der Waals surface area contributed by atoms with E-state index >= 15 is 0 Å². The molecular formula is C11H13NO3. The van der Waals surface area contributed by atoms with Crippen LogP contribution in [0.1, 0.15) is 22.3 Å². The van der Waals surface area contributed by atoms with Crippen LogP contribution in [-0.4, -0.2) is 22.7 Å². The lowest BCUT2D eigenvalue weighted by atomic mass is 10.1. The van der Waals surface area contributed by atoms with Crippen molar-refractivity contribution >= 4 is 5.97 Å². The van der Waals surface area contributed by atoms with Gasteiger partial charge < -0.3 is 9.84 Å². The number of pyridine rings is 1. The third kappa shape index (κ3) is 2.80. The summed E-state index contributed by atoms with van der Waals surface area (Å²) in [7, 11) is 0. The zero-order valence-electron chi connectivity index (χ0n) is 8.56. The van der Waals surface area contributed by atoms with Crippen molar-refractivity contribution in [2.24, 2.45) is 0 Å². The number of carboxylic acids is 1. The number of nitrogens with zero attached hydrogens (tertiary/aromatic N) is 1. The van der Waals surface area contributed by atoms with Crippen LogP contribution < -0.4 is 4.74 Å². The Morgan fingerprint density at radius 2 is 2.47 bits per heavy atom. The van der Waals surface area contributed by atoms with Gasteiger partial charge >= 0.3 is 5.97 Å². The first-order chi connectivity index (χ1) is 7.16. The third-order valence-corrected chi connectivity index (χ3v) is 1.90. The summed E-state index contributed by atoms with van der Waals surface area (Å²) in [6.45, 7) is 5.65. The summed E-state index contributed by atoms with van der Waals surface area (Å²) >= 11 is 0. The van der Waals surface area contributed by atoms with Gasteiger partial charge in [-0.2, -0.15) is 0 Å². The van der Waals surface area contributed by atoms with E-state index in [4.69, 9.17) is 9.84 Å². The van der Waals surface area contributed by atoms with Gasteiger partial charge in [0.2, 0.25) is 5.88 Å². The molecule has 0 fully saturated rings. The number of hydrogen-bond acceptors (Lipinski definition) is 3. The molecular weight excluding hydrogens is 194 g/mol. The molecule has 1 rings (SSSR count). The molecule has 1 aromatic rings. The minimum atomic E-state index is -1.02. The molecule has 0 spiro atoms. The van der Waals surface area contributed by atoms with Crippen LogP contribution >= 0.6 is 0 Å². The topological polar surface area (TPSA) is 59.4 Å². The molecule has 4 nitrogen and oxygen atoms in total. The Morgan fingerprint density at radius 1 is 1.73 bits per heavy atom. The van der Waals surface area contributed by atoms with Crippen molar-refractivity contribution in [1.82, 2.24) is 4.98 Å². The van der Waals surface area contributed by atoms with E-state index in [1.165, 1.54) is 6.20 Å². The predicted octanol–water partition coefficient (Wildman–Crippen LogP) is 2.04. The number of carboxylic acid groups (broad SMARTS) is 1. The SMILES string of the molecule is C=CCCOc1nccc(C)c1C(=O)O. The van der Waals surface area contributed by atoms with E-state index in [1.54, 1.807) is 19.1 Å². The maximum absolute atomic E-state index is 10.9. The highest BCUT2D eigenvalue weighted by Gasteiger charge is 2.15. The zero-order valence-corrected chi connectivity index (χ0v) is 8.56. The van der Waals surface area contributed by atoms with Gasteiger partial charge in [-0.05, 0) is 25.0 Å². The third-order valence-electron chi connectivity index (χ3n) is 1.90. The number of rotatable bonds is 5. The fraction of sp³-hybridized carbons (Fsp3) is 0.273. The van der Waals surface area contributed by atoms with E-state index in [9.17, 15) is 4.79 Å². The van der Waals surface area contributed by atoms with Gasteiger partial charge in [-0.15, -0.1) is 6.58 Å². The van der Waals surface area contributed by atoms with E-state index in [0.29, 0.717) is 18.6 Å². The van der Waals surface area contributed by atoms with E-state index in [-0.39, 0.29) is 11.4 Å². The molecule has 0 bridgehead atoms. The van der Waals surface area contributed by atoms with Gasteiger partial charge in [0, 0.05) is 6.20 Å². The number of aromatic carboxylic acids is 1. The fourth-order valence-corrected chi connectivity index (χ4v) is 1.14. The smallest absolute Gasteiger partial charge is 0.341 e. The zero-order chi connectivity index (χ0) is 11.3. The van der Waals surface area contributed by atoms with E-state index in [1.807, 2.05) is 0 Å². The molecule has 0 aliphatic heterocycles. The molecule has 1 aromatic heterocycles. The fourth-order valence-electron chi connectivity index (χ4n) is 1.14. The molecule has 0 unspecified atom stereocenters. The Morgan fingerprint density at radius 3 is 3.07 bits per heavy atom. The van der Waals surface area contributed by atoms with Gasteiger partial charge in [-0.25, -0.2) is 9.78 Å². The first kappa shape index (κ1) is 11.2. The first-order valence-electron chi connectivity index (χ1n) is 4.59. The Balaban J connectivity index is 2.90. The molecule has 4 heteroatoms. The van der Waals surface area contributed by atoms with Crippen LogP contribution in [0.2, 0.25) is 0 Å². The Labute approximate surface area is 88.2 Å². The van der Waals surface area contributed by atoms with Crippen molar-refractivity contribution in [1.29, 1.82) is 0 Å². The number of ether oxygens (including phenoxy) is 1. The molecule has 0 radical (unpaired) electrons. The van der Waals surface area contributed by atoms with Gasteiger partial charge in [0.25, 0.3) is 0 Å². The van der Waals surface area contributed by atoms with Crippen molar-refractivity contribution in [3.05, 3.63) is 36.0 Å². The number of aromatic nitrogens is 1. The normalized spacial score (nSPS) is 9.67. The summed E-state index contributed by atoms with van der Waals surface area (Å²) < 4.78 is 5.26. The second kappa shape index (κ2) is 5.14. The summed E-state index contributed by atoms with van der Waals surface area (Å²) in [4.78, 5) is 14.8. The van der Waals surface area contributed by atoms with Crippen LogP contribution in [0.15, 0.2) is 24.9 Å². The molecule has 80 valence electrons. The lowest BCUT2D eigenvalue weighted by Gasteiger charge is -2.08. The molecule has 0 amide bonds. The summed E-state index contributed by atoms with van der Waals surface area (Å²) in [5.41, 5.74) is 0.771. The minimum absolute atomic E-state index is 0.126. The molecule has 0 saturated carbocycles. The lowest BCUT2D eigenvalue weighted by molar-refractivity contribution is 0.0690. The highest BCUT2D eigenvalue weighted by molar-refractivity contribution is 5.91. The van der Waals surface area contributed by atoms with Gasteiger partial charge in [0.15, 0.2) is 0 Å². The Bertz CT molecular complexity index is 374. The van der Waals surface area contributed by atoms with Crippen molar-refractivity contribution < 1.29 is 14.6 Å². The quantitative estimate of drug-likeness (QED) is 0.593. The van der Waals surface area contributed by atoms with Crippen LogP contribution in [0.5, 0.6) is 5.88 Å². The lowest BCUT2D eigenvalue weighted by Crippen LogP contribution is -2.07. The van der Waals surface area contributed by atoms with E-state index in [0.717, 1.165) is 0 Å². The monoisotopic (exact) mass is 207 g/mol. The highest BCUT2D eigenvalue weighted by Crippen LogP contribution is 2.18. The number of carbonyl (C=O) groups is 1. The molecule has 1 heterocycles. The van der Waals surface area contributed by atoms with Crippen LogP contribution in [0, 0.1) is 6.92 Å². The Kier molecular flexibility index (Phi) is 3.85. The Hall–Kier alpha value is -1.84. The molecule has 0 aliphatic carbocycles. The largest absolute Gasteiger partial charge is 0.477 e. The molecule has 1 N–H and O–H groups in total. The van der Waals surface area contributed by atoms with Crippen LogP contribution in [0.25, 0.3) is 0 Å². The van der Waals surface area contributed by atoms with Gasteiger partial charge in [-0.3, -0.25) is 0 Å². The summed E-state index contributed by atoms with van der Waals surface area (Å²) in [6.07, 6.45) is 3.90. The van der Waals surface area contributed by atoms with Crippen molar-refractivity contribution in [2.45, 2.75) is 13.3 Å². The van der Waals surface area contributed by atoms with Gasteiger partial charge in [0.1, 0.15) is 5.56 Å². The minimum Gasteiger partial charge on any atom is -0.477 e. The molecule has 0 aromatic carbocycles. The van der Waals surface area contributed by atoms with E-state index in [2.05, 4.69) is 11.6 Å². The number of aryl methyl sites for hydroxylation is 1. The van der Waals surface area contributed by atoms with Crippen molar-refractivity contribution in [3.8, 4) is 5.88 Å². The molecule has 0 saturated heterocycles. The van der Waals surface area contributed by atoms with E-state index < -0.39 is 5.97 Å². The van der Waals surface area contributed by atoms with Crippen molar-refractivity contribution in [2.75, 3.05) is 6.61 Å². The van der Waals surface area contributed by atoms with Gasteiger partial charge in [-0.1, -0.05) is 6.08 Å². The molecule has 0 aliphatic rings. The summed E-state index contributed by atoms with van der Waals surface area (Å²) in [5, 5.41) is 8.96. The molecule has 15 heavy (non-hydrogen) atoms. The molecule has 0 atom stereocenters. The summed E-state index contributed by atoms with van der Waals surface area (Å²) in [6, 6.07) is 1.64. The summed E-state index contributed by atoms with van der Waals surface area (Å²) in [5.74, 6) is -0.849. The standard InChI is InChI=1S/C11H13NO3/c1-3-4-7-15-10-9(11(13)14)8(2)5-6-12-10/h3,5-6H,1,4,7H2,2H3,(H,13,14). The highest BCUT2D eigenvalue weighted by atomic mass is 16.5. The van der Waals surface area contributed by atoms with Crippen LogP contribution in [0.4, 0.5) is 0 Å². The van der Waals surface area contributed by atoms with Crippen LogP contribution in [0.3, 0.4) is 0 Å². The predicted molar refractivity (Wildman–Crippen MR) is 56.2 cm³/mol. The van der Waals surface area contributed by atoms with Crippen LogP contribution in [-0.2, 0) is 0 Å².